The molecule has 0 bridgehead atoms. The standard InChI is InChI=1S/C12H13N3O2S2/c1-3-19(17)12-14-6-8(11(13)15-12)9(16)10-7(2)4-5-18-10/h4-6H,3H2,1-2H3,(H2,13,14,15). The van der Waals surface area contributed by atoms with Gasteiger partial charge in [0.25, 0.3) is 0 Å². The average molecular weight is 295 g/mol. The van der Waals surface area contributed by atoms with E-state index in [1.807, 2.05) is 18.4 Å². The molecule has 0 aliphatic carbocycles. The van der Waals surface area contributed by atoms with Crippen molar-refractivity contribution >= 4 is 34.1 Å². The number of nitrogens with zero attached hydrogens (tertiary/aromatic N) is 2. The van der Waals surface area contributed by atoms with Crippen molar-refractivity contribution in [2.75, 3.05) is 11.5 Å². The molecule has 0 amide bonds. The Kier molecular flexibility index (Phi) is 4.18. The molecule has 0 fully saturated rings. The molecule has 2 heterocycles. The first kappa shape index (κ1) is 14.0. The smallest absolute Gasteiger partial charge is 0.344 e. The lowest BCUT2D eigenvalue weighted by Gasteiger charge is -2.07. The van der Waals surface area contributed by atoms with Crippen molar-refractivity contribution in [1.29, 1.82) is 0 Å². The third kappa shape index (κ3) is 2.78. The highest BCUT2D eigenvalue weighted by atomic mass is 32.2. The van der Waals surface area contributed by atoms with Gasteiger partial charge in [0.15, 0.2) is 0 Å². The summed E-state index contributed by atoms with van der Waals surface area (Å²) in [6.07, 6.45) is 1.35. The molecule has 0 saturated heterocycles. The van der Waals surface area contributed by atoms with E-state index in [9.17, 15) is 9.35 Å². The maximum absolute atomic E-state index is 12.3. The maximum atomic E-state index is 12.3. The van der Waals surface area contributed by atoms with Gasteiger partial charge in [-0.25, -0.2) is 0 Å². The number of hydrogen-bond donors (Lipinski definition) is 1. The largest absolute Gasteiger partial charge is 0.609 e. The molecular weight excluding hydrogens is 282 g/mol. The number of ketones is 1. The molecule has 100 valence electrons. The molecule has 1 unspecified atom stereocenters. The number of nitrogens with two attached hydrogens (primary N) is 1. The number of carbonyl (C=O) groups is 1. The van der Waals surface area contributed by atoms with Crippen LogP contribution in [0, 0.1) is 6.92 Å². The molecule has 0 aromatic carbocycles. The zero-order valence-electron chi connectivity index (χ0n) is 10.5. The summed E-state index contributed by atoms with van der Waals surface area (Å²) in [4.78, 5) is 20.8. The van der Waals surface area contributed by atoms with Crippen LogP contribution in [-0.4, -0.2) is 26.1 Å². The summed E-state index contributed by atoms with van der Waals surface area (Å²) < 4.78 is 11.6. The van der Waals surface area contributed by atoms with Gasteiger partial charge in [-0.3, -0.25) is 4.79 Å². The molecule has 1 atom stereocenters. The second-order valence-electron chi connectivity index (χ2n) is 3.85. The monoisotopic (exact) mass is 295 g/mol. The van der Waals surface area contributed by atoms with E-state index >= 15 is 0 Å². The van der Waals surface area contributed by atoms with Gasteiger partial charge in [0.05, 0.1) is 10.4 Å². The van der Waals surface area contributed by atoms with E-state index in [4.69, 9.17) is 5.73 Å². The van der Waals surface area contributed by atoms with Crippen molar-refractivity contribution in [3.8, 4) is 0 Å². The number of hydrogen-bond acceptors (Lipinski definition) is 6. The molecule has 5 nitrogen and oxygen atoms in total. The van der Waals surface area contributed by atoms with Gasteiger partial charge in [0.2, 0.25) is 5.78 Å². The van der Waals surface area contributed by atoms with Crippen molar-refractivity contribution in [2.45, 2.75) is 19.0 Å². The Labute approximate surface area is 118 Å². The summed E-state index contributed by atoms with van der Waals surface area (Å²) in [5.41, 5.74) is 6.92. The Bertz CT molecular complexity index is 613. The van der Waals surface area contributed by atoms with E-state index in [0.29, 0.717) is 10.6 Å². The summed E-state index contributed by atoms with van der Waals surface area (Å²) in [5, 5.41) is 2.01. The number of thiophene rings is 1. The quantitative estimate of drug-likeness (QED) is 0.527. The number of carbonyl (C=O) groups excluding carboxylic acids is 1. The van der Waals surface area contributed by atoms with E-state index in [1.54, 1.807) is 6.92 Å². The van der Waals surface area contributed by atoms with Crippen LogP contribution in [0.1, 0.15) is 27.7 Å². The third-order valence-corrected chi connectivity index (χ3v) is 4.72. The Morgan fingerprint density at radius 2 is 2.32 bits per heavy atom. The van der Waals surface area contributed by atoms with Crippen LogP contribution in [0.3, 0.4) is 0 Å². The van der Waals surface area contributed by atoms with Crippen molar-refractivity contribution in [1.82, 2.24) is 9.97 Å². The van der Waals surface area contributed by atoms with Crippen molar-refractivity contribution in [3.63, 3.8) is 0 Å². The molecule has 2 aromatic heterocycles. The lowest BCUT2D eigenvalue weighted by molar-refractivity contribution is 0.104. The SMILES string of the molecule is CC[S+]([O-])c1ncc(C(=O)c2sccc2C)c(N)n1. The molecule has 2 aromatic rings. The summed E-state index contributed by atoms with van der Waals surface area (Å²) in [5.74, 6) is 0.292. The van der Waals surface area contributed by atoms with E-state index in [0.717, 1.165) is 5.56 Å². The van der Waals surface area contributed by atoms with Gasteiger partial charge in [0, 0.05) is 17.4 Å². The molecule has 2 rings (SSSR count). The fourth-order valence-electron chi connectivity index (χ4n) is 1.52. The van der Waals surface area contributed by atoms with Crippen molar-refractivity contribution < 1.29 is 9.35 Å². The van der Waals surface area contributed by atoms with Crippen LogP contribution in [0.25, 0.3) is 0 Å². The van der Waals surface area contributed by atoms with Gasteiger partial charge in [0.1, 0.15) is 11.6 Å². The van der Waals surface area contributed by atoms with Gasteiger partial charge >= 0.3 is 5.16 Å². The van der Waals surface area contributed by atoms with Gasteiger partial charge in [-0.1, -0.05) is 0 Å². The number of rotatable bonds is 4. The fraction of sp³-hybridized carbons (Fsp3) is 0.250. The van der Waals surface area contributed by atoms with Crippen LogP contribution < -0.4 is 5.73 Å². The molecule has 2 N–H and O–H groups in total. The van der Waals surface area contributed by atoms with Gasteiger partial charge < -0.3 is 10.3 Å². The topological polar surface area (TPSA) is 91.9 Å². The van der Waals surface area contributed by atoms with Crippen LogP contribution in [0.15, 0.2) is 22.8 Å². The number of aromatic nitrogens is 2. The summed E-state index contributed by atoms with van der Waals surface area (Å²) in [6, 6.07) is 1.87. The molecule has 0 radical (unpaired) electrons. The van der Waals surface area contributed by atoms with Crippen LogP contribution in [0.2, 0.25) is 0 Å². The van der Waals surface area contributed by atoms with Gasteiger partial charge in [-0.15, -0.1) is 11.3 Å². The number of aryl methyl sites for hydroxylation is 1. The molecule has 7 heteroatoms. The van der Waals surface area contributed by atoms with Crippen LogP contribution in [-0.2, 0) is 11.2 Å². The molecule has 0 spiro atoms. The molecule has 0 aliphatic rings. The summed E-state index contributed by atoms with van der Waals surface area (Å²) in [7, 11) is 0. The maximum Gasteiger partial charge on any atom is 0.344 e. The minimum absolute atomic E-state index is 0.0737. The van der Waals surface area contributed by atoms with Crippen LogP contribution in [0.4, 0.5) is 5.82 Å². The number of anilines is 1. The van der Waals surface area contributed by atoms with E-state index in [2.05, 4.69) is 9.97 Å². The predicted octanol–water partition coefficient (Wildman–Crippen LogP) is 1.79. The van der Waals surface area contributed by atoms with Crippen molar-refractivity contribution in [2.24, 2.45) is 0 Å². The predicted molar refractivity (Wildman–Crippen MR) is 75.9 cm³/mol. The summed E-state index contributed by atoms with van der Waals surface area (Å²) >= 11 is 0.0814. The van der Waals surface area contributed by atoms with Crippen LogP contribution in [0.5, 0.6) is 0 Å². The van der Waals surface area contributed by atoms with Crippen molar-refractivity contribution in [3.05, 3.63) is 33.6 Å². The highest BCUT2D eigenvalue weighted by Crippen LogP contribution is 2.22. The minimum Gasteiger partial charge on any atom is -0.609 e. The van der Waals surface area contributed by atoms with E-state index < -0.39 is 11.2 Å². The molecule has 0 saturated carbocycles. The van der Waals surface area contributed by atoms with E-state index in [-0.39, 0.29) is 22.3 Å². The highest BCUT2D eigenvalue weighted by Gasteiger charge is 2.20. The van der Waals surface area contributed by atoms with Gasteiger partial charge in [-0.2, -0.15) is 9.97 Å². The Morgan fingerprint density at radius 1 is 1.58 bits per heavy atom. The lowest BCUT2D eigenvalue weighted by Crippen LogP contribution is -2.14. The Hall–Kier alpha value is -1.44. The second-order valence-corrected chi connectivity index (χ2v) is 6.40. The lowest BCUT2D eigenvalue weighted by atomic mass is 10.1. The first-order valence-electron chi connectivity index (χ1n) is 5.64. The average Bonchev–Trinajstić information content (AvgIpc) is 2.83. The zero-order chi connectivity index (χ0) is 14.0. The normalized spacial score (nSPS) is 12.4. The molecule has 0 aliphatic heterocycles. The minimum atomic E-state index is -1.27. The third-order valence-electron chi connectivity index (χ3n) is 2.57. The first-order valence-corrected chi connectivity index (χ1v) is 7.84. The molecular formula is C12H13N3O2S2. The second kappa shape index (κ2) is 5.68. The van der Waals surface area contributed by atoms with E-state index in [1.165, 1.54) is 17.5 Å². The van der Waals surface area contributed by atoms with Gasteiger partial charge in [-0.05, 0) is 30.9 Å². The zero-order valence-corrected chi connectivity index (χ0v) is 12.2. The fourth-order valence-corrected chi connectivity index (χ4v) is 3.03. The summed E-state index contributed by atoms with van der Waals surface area (Å²) in [6.45, 7) is 3.63. The Balaban J connectivity index is 2.37. The number of nitrogen functional groups attached to an aromatic ring is 1. The highest BCUT2D eigenvalue weighted by molar-refractivity contribution is 7.91. The molecule has 19 heavy (non-hydrogen) atoms. The first-order chi connectivity index (χ1) is 9.04. The van der Waals surface area contributed by atoms with Crippen LogP contribution >= 0.6 is 11.3 Å². The Morgan fingerprint density at radius 3 is 2.84 bits per heavy atom.